The molecule has 0 atom stereocenters. The number of benzene rings is 1. The summed E-state index contributed by atoms with van der Waals surface area (Å²) in [6.45, 7) is 2.99. The van der Waals surface area contributed by atoms with Crippen molar-refractivity contribution in [3.8, 4) is 17.3 Å². The highest BCUT2D eigenvalue weighted by Crippen LogP contribution is 2.32. The molecule has 0 saturated heterocycles. The Hall–Kier alpha value is -3.00. The molecule has 5 rings (SSSR count). The summed E-state index contributed by atoms with van der Waals surface area (Å²) < 4.78 is 44.3. The van der Waals surface area contributed by atoms with Crippen molar-refractivity contribution in [3.63, 3.8) is 0 Å². The molecule has 1 saturated carbocycles. The maximum absolute atomic E-state index is 12.8. The van der Waals surface area contributed by atoms with E-state index in [1.54, 1.807) is 12.4 Å². The Morgan fingerprint density at radius 1 is 1.06 bits per heavy atom. The molecule has 0 amide bonds. The fraction of sp³-hybridized carbons (Fsp3) is 0.375. The van der Waals surface area contributed by atoms with Gasteiger partial charge in [0.1, 0.15) is 0 Å². The topological polar surface area (TPSA) is 51.1 Å². The van der Waals surface area contributed by atoms with Crippen LogP contribution in [0.15, 0.2) is 48.8 Å². The van der Waals surface area contributed by atoms with Gasteiger partial charge in [-0.25, -0.2) is 15.0 Å². The second-order valence-corrected chi connectivity index (χ2v) is 8.42. The third-order valence-electron chi connectivity index (χ3n) is 5.88. The summed E-state index contributed by atoms with van der Waals surface area (Å²) in [5, 5.41) is 0. The third-order valence-corrected chi connectivity index (χ3v) is 5.88. The molecule has 32 heavy (non-hydrogen) atoms. The van der Waals surface area contributed by atoms with Crippen molar-refractivity contribution in [1.82, 2.24) is 19.9 Å². The van der Waals surface area contributed by atoms with Crippen molar-refractivity contribution in [1.29, 1.82) is 0 Å². The van der Waals surface area contributed by atoms with E-state index in [-0.39, 0.29) is 0 Å². The molecule has 3 aromatic rings. The van der Waals surface area contributed by atoms with Crippen LogP contribution in [0.25, 0.3) is 11.4 Å². The molecule has 166 valence electrons. The van der Waals surface area contributed by atoms with Gasteiger partial charge in [-0.05, 0) is 37.0 Å². The Balaban J connectivity index is 1.27. The van der Waals surface area contributed by atoms with Crippen molar-refractivity contribution in [2.45, 2.75) is 38.5 Å². The van der Waals surface area contributed by atoms with Gasteiger partial charge in [0, 0.05) is 55.1 Å². The molecule has 5 nitrogen and oxygen atoms in total. The van der Waals surface area contributed by atoms with Crippen LogP contribution in [0.3, 0.4) is 0 Å². The number of aromatic nitrogens is 3. The van der Waals surface area contributed by atoms with Gasteiger partial charge >= 0.3 is 6.18 Å². The number of halogens is 3. The smallest absolute Gasteiger partial charge is 0.416 e. The van der Waals surface area contributed by atoms with E-state index in [0.717, 1.165) is 55.1 Å². The van der Waals surface area contributed by atoms with Gasteiger partial charge in [-0.15, -0.1) is 0 Å². The van der Waals surface area contributed by atoms with E-state index in [9.17, 15) is 13.2 Å². The van der Waals surface area contributed by atoms with E-state index in [4.69, 9.17) is 4.74 Å². The highest BCUT2D eigenvalue weighted by molar-refractivity contribution is 5.56. The Morgan fingerprint density at radius 3 is 2.62 bits per heavy atom. The standard InChI is InChI=1S/C24H23F3N4O/c25-24(26,27)20-7-5-17(6-8-20)22-29-12-19-14-31(11-9-21(19)30-22)13-18-2-1-10-28-23(18)32-15-16-3-4-16/h1-2,5-8,10,12,16H,3-4,9,11,13-15H2. The molecule has 0 bridgehead atoms. The zero-order valence-electron chi connectivity index (χ0n) is 17.5. The van der Waals surface area contributed by atoms with Crippen LogP contribution in [0.5, 0.6) is 5.88 Å². The van der Waals surface area contributed by atoms with Crippen LogP contribution in [-0.4, -0.2) is 33.0 Å². The first-order valence-electron chi connectivity index (χ1n) is 10.8. The SMILES string of the molecule is FC(F)(F)c1ccc(-c2ncc3c(n2)CCN(Cc2cccnc2OCC2CC2)C3)cc1. The van der Waals surface area contributed by atoms with E-state index in [1.807, 2.05) is 6.07 Å². The van der Waals surface area contributed by atoms with Gasteiger partial charge in [0.15, 0.2) is 5.82 Å². The number of ether oxygens (including phenoxy) is 1. The molecule has 0 radical (unpaired) electrons. The Bertz CT molecular complexity index is 1100. The maximum atomic E-state index is 12.8. The lowest BCUT2D eigenvalue weighted by Crippen LogP contribution is -2.31. The van der Waals surface area contributed by atoms with Crippen molar-refractivity contribution >= 4 is 0 Å². The van der Waals surface area contributed by atoms with Crippen LogP contribution in [0, 0.1) is 5.92 Å². The highest BCUT2D eigenvalue weighted by atomic mass is 19.4. The van der Waals surface area contributed by atoms with Gasteiger partial charge in [0.2, 0.25) is 5.88 Å². The van der Waals surface area contributed by atoms with Crippen molar-refractivity contribution in [3.05, 3.63) is 71.2 Å². The number of alkyl halides is 3. The van der Waals surface area contributed by atoms with Crippen LogP contribution in [0.2, 0.25) is 0 Å². The molecule has 1 aliphatic heterocycles. The molecule has 1 aliphatic carbocycles. The molecule has 0 spiro atoms. The summed E-state index contributed by atoms with van der Waals surface area (Å²) in [4.78, 5) is 15.8. The van der Waals surface area contributed by atoms with Gasteiger partial charge < -0.3 is 4.74 Å². The molecule has 2 aromatic heterocycles. The zero-order valence-corrected chi connectivity index (χ0v) is 17.5. The molecule has 0 N–H and O–H groups in total. The van der Waals surface area contributed by atoms with Crippen molar-refractivity contribution in [2.24, 2.45) is 5.92 Å². The Kier molecular flexibility index (Phi) is 5.55. The van der Waals surface area contributed by atoms with E-state index in [1.165, 1.54) is 25.0 Å². The highest BCUT2D eigenvalue weighted by Gasteiger charge is 2.30. The number of rotatable bonds is 6. The number of hydrogen-bond donors (Lipinski definition) is 0. The number of pyridine rings is 1. The lowest BCUT2D eigenvalue weighted by molar-refractivity contribution is -0.137. The third kappa shape index (κ3) is 4.75. The molecule has 2 aliphatic rings. The maximum Gasteiger partial charge on any atom is 0.416 e. The summed E-state index contributed by atoms with van der Waals surface area (Å²) in [6.07, 6.45) is 2.42. The largest absolute Gasteiger partial charge is 0.477 e. The molecule has 1 aromatic carbocycles. The first-order chi connectivity index (χ1) is 15.5. The molecule has 1 fully saturated rings. The molecule has 3 heterocycles. The summed E-state index contributed by atoms with van der Waals surface area (Å²) in [5.41, 5.74) is 2.96. The minimum atomic E-state index is -4.35. The van der Waals surface area contributed by atoms with Gasteiger partial charge in [-0.1, -0.05) is 18.2 Å². The average Bonchev–Trinajstić information content (AvgIpc) is 3.62. The fourth-order valence-corrected chi connectivity index (χ4v) is 3.85. The zero-order chi connectivity index (χ0) is 22.1. The monoisotopic (exact) mass is 440 g/mol. The van der Waals surface area contributed by atoms with E-state index in [0.29, 0.717) is 29.7 Å². The minimum absolute atomic E-state index is 0.453. The van der Waals surface area contributed by atoms with Crippen molar-refractivity contribution < 1.29 is 17.9 Å². The van der Waals surface area contributed by atoms with Crippen LogP contribution in [0.4, 0.5) is 13.2 Å². The number of nitrogens with zero attached hydrogens (tertiary/aromatic N) is 4. The number of hydrogen-bond acceptors (Lipinski definition) is 5. The van der Waals surface area contributed by atoms with Crippen LogP contribution < -0.4 is 4.74 Å². The number of fused-ring (bicyclic) bond motifs is 1. The van der Waals surface area contributed by atoms with Gasteiger partial charge in [-0.2, -0.15) is 13.2 Å². The first kappa shape index (κ1) is 20.9. The molecule has 8 heteroatoms. The summed E-state index contributed by atoms with van der Waals surface area (Å²) in [5.74, 6) is 1.83. The summed E-state index contributed by atoms with van der Waals surface area (Å²) >= 11 is 0. The Labute approximate surface area is 184 Å². The lowest BCUT2D eigenvalue weighted by Gasteiger charge is -2.28. The lowest BCUT2D eigenvalue weighted by atomic mass is 10.1. The second-order valence-electron chi connectivity index (χ2n) is 8.42. The van der Waals surface area contributed by atoms with Crippen LogP contribution >= 0.6 is 0 Å². The predicted octanol–water partition coefficient (Wildman–Crippen LogP) is 4.90. The quantitative estimate of drug-likeness (QED) is 0.546. The van der Waals surface area contributed by atoms with Crippen LogP contribution in [0.1, 0.15) is 35.2 Å². The normalized spacial score (nSPS) is 16.6. The summed E-state index contributed by atoms with van der Waals surface area (Å²) in [6, 6.07) is 8.95. The molecule has 0 unspecified atom stereocenters. The van der Waals surface area contributed by atoms with E-state index in [2.05, 4.69) is 25.9 Å². The molecular formula is C24H23F3N4O. The average molecular weight is 440 g/mol. The second kappa shape index (κ2) is 8.50. The van der Waals surface area contributed by atoms with Gasteiger partial charge in [-0.3, -0.25) is 4.90 Å². The van der Waals surface area contributed by atoms with E-state index < -0.39 is 11.7 Å². The predicted molar refractivity (Wildman–Crippen MR) is 113 cm³/mol. The van der Waals surface area contributed by atoms with Gasteiger partial charge in [0.25, 0.3) is 0 Å². The fourth-order valence-electron chi connectivity index (χ4n) is 3.85. The Morgan fingerprint density at radius 2 is 1.88 bits per heavy atom. The van der Waals surface area contributed by atoms with Gasteiger partial charge in [0.05, 0.1) is 17.9 Å². The van der Waals surface area contributed by atoms with E-state index >= 15 is 0 Å². The molecular weight excluding hydrogens is 417 g/mol. The first-order valence-corrected chi connectivity index (χ1v) is 10.8. The minimum Gasteiger partial charge on any atom is -0.477 e. The van der Waals surface area contributed by atoms with Crippen molar-refractivity contribution in [2.75, 3.05) is 13.2 Å². The van der Waals surface area contributed by atoms with Crippen LogP contribution in [-0.2, 0) is 25.7 Å². The summed E-state index contributed by atoms with van der Waals surface area (Å²) in [7, 11) is 0.